The molecular formula is C37H55N2O3S+. The van der Waals surface area contributed by atoms with Crippen molar-refractivity contribution in [2.75, 3.05) is 18.5 Å². The molecule has 1 N–H and O–H groups in total. The second-order valence-corrected chi connectivity index (χ2v) is 13.8. The van der Waals surface area contributed by atoms with Gasteiger partial charge in [-0.15, -0.1) is 0 Å². The van der Waals surface area contributed by atoms with Crippen molar-refractivity contribution in [3.05, 3.63) is 70.2 Å². The number of ether oxygens (including phenoxy) is 2. The molecule has 236 valence electrons. The number of nitrogens with zero attached hydrogens (tertiary/aromatic N) is 1. The minimum absolute atomic E-state index is 0.0513. The summed E-state index contributed by atoms with van der Waals surface area (Å²) in [5, 5.41) is 6.34. The number of hydrogen-bond acceptors (Lipinski definition) is 4. The molecule has 5 nitrogen and oxygen atoms in total. The Hall–Kier alpha value is -2.86. The molecular weight excluding hydrogens is 552 g/mol. The van der Waals surface area contributed by atoms with Gasteiger partial charge in [0.25, 0.3) is 5.91 Å². The summed E-state index contributed by atoms with van der Waals surface area (Å²) in [6.07, 6.45) is 18.0. The van der Waals surface area contributed by atoms with Crippen LogP contribution in [0.25, 0.3) is 0 Å². The smallest absolute Gasteiger partial charge is 0.262 e. The molecule has 0 spiro atoms. The first-order chi connectivity index (χ1) is 20.8. The maximum atomic E-state index is 12.9. The van der Waals surface area contributed by atoms with E-state index in [1.807, 2.05) is 36.4 Å². The lowest BCUT2D eigenvalue weighted by atomic mass is 9.86. The minimum atomic E-state index is -0.182. The Kier molecular flexibility index (Phi) is 15.1. The molecule has 0 saturated heterocycles. The van der Waals surface area contributed by atoms with Crippen LogP contribution < -0.4 is 19.4 Å². The third-order valence-electron chi connectivity index (χ3n) is 7.90. The van der Waals surface area contributed by atoms with Crippen LogP contribution in [-0.4, -0.2) is 19.1 Å². The predicted octanol–water partition coefficient (Wildman–Crippen LogP) is 9.79. The highest BCUT2D eigenvalue weighted by atomic mass is 32.1. The Bertz CT molecular complexity index is 1230. The molecule has 0 radical (unpaired) electrons. The highest BCUT2D eigenvalue weighted by molar-refractivity contribution is 7.09. The number of rotatable bonds is 20. The molecule has 1 amide bonds. The number of hydrogen-bond donors (Lipinski definition) is 1. The molecule has 43 heavy (non-hydrogen) atoms. The monoisotopic (exact) mass is 607 g/mol. The van der Waals surface area contributed by atoms with Crippen LogP contribution in [0.3, 0.4) is 0 Å². The van der Waals surface area contributed by atoms with Crippen LogP contribution >= 0.6 is 11.3 Å². The molecule has 0 bridgehead atoms. The Morgan fingerprint density at radius 1 is 0.860 bits per heavy atom. The first-order valence-electron chi connectivity index (χ1n) is 16.5. The lowest BCUT2D eigenvalue weighted by Crippen LogP contribution is -2.34. The van der Waals surface area contributed by atoms with E-state index >= 15 is 0 Å². The minimum Gasteiger partial charge on any atom is -0.493 e. The van der Waals surface area contributed by atoms with Crippen LogP contribution in [0.1, 0.15) is 121 Å². The number of benzene rings is 2. The summed E-state index contributed by atoms with van der Waals surface area (Å²) in [7, 11) is 0. The van der Waals surface area contributed by atoms with E-state index in [4.69, 9.17) is 9.47 Å². The molecule has 0 aliphatic carbocycles. The number of carbonyl (C=O) groups excluding carboxylic acids is 1. The molecule has 3 aromatic rings. The number of unbranched alkanes of at least 4 members (excludes halogenated alkanes) is 11. The van der Waals surface area contributed by atoms with Gasteiger partial charge in [-0.2, -0.15) is 4.57 Å². The Labute approximate surface area is 265 Å². The van der Waals surface area contributed by atoms with E-state index < -0.39 is 0 Å². The highest BCUT2D eigenvalue weighted by Crippen LogP contribution is 2.34. The summed E-state index contributed by atoms with van der Waals surface area (Å²) in [5.74, 6) is 1.31. The number of aryl methyl sites for hydroxylation is 1. The SMILES string of the molecule is CCCCCCCCCCCCCCOc1cc(OCC(=O)Nc2ccccc2C[n+]2ccsc2C)ccc1C(C)(C)C. The number of aromatic nitrogens is 1. The van der Waals surface area contributed by atoms with Gasteiger partial charge >= 0.3 is 0 Å². The van der Waals surface area contributed by atoms with E-state index in [0.717, 1.165) is 29.0 Å². The Morgan fingerprint density at radius 2 is 1.51 bits per heavy atom. The van der Waals surface area contributed by atoms with Gasteiger partial charge in [-0.25, -0.2) is 0 Å². The predicted molar refractivity (Wildman–Crippen MR) is 181 cm³/mol. The molecule has 0 aliphatic rings. The zero-order valence-electron chi connectivity index (χ0n) is 27.4. The van der Waals surface area contributed by atoms with E-state index in [1.165, 1.54) is 75.6 Å². The summed E-state index contributed by atoms with van der Waals surface area (Å²) < 4.78 is 14.4. The first-order valence-corrected chi connectivity index (χ1v) is 17.4. The molecule has 3 rings (SSSR count). The largest absolute Gasteiger partial charge is 0.493 e. The number of nitrogens with one attached hydrogen (secondary N) is 1. The summed E-state index contributed by atoms with van der Waals surface area (Å²) in [6.45, 7) is 12.3. The van der Waals surface area contributed by atoms with Crippen LogP contribution in [0.15, 0.2) is 54.0 Å². The van der Waals surface area contributed by atoms with E-state index in [-0.39, 0.29) is 17.9 Å². The van der Waals surface area contributed by atoms with Crippen molar-refractivity contribution in [3.63, 3.8) is 0 Å². The quantitative estimate of drug-likeness (QED) is 0.103. The van der Waals surface area contributed by atoms with Crippen molar-refractivity contribution >= 4 is 22.9 Å². The lowest BCUT2D eigenvalue weighted by molar-refractivity contribution is -0.689. The summed E-state index contributed by atoms with van der Waals surface area (Å²) >= 11 is 1.71. The normalized spacial score (nSPS) is 11.5. The zero-order valence-corrected chi connectivity index (χ0v) is 28.2. The molecule has 0 fully saturated rings. The van der Waals surface area contributed by atoms with Gasteiger partial charge < -0.3 is 14.8 Å². The van der Waals surface area contributed by atoms with E-state index in [1.54, 1.807) is 11.3 Å². The van der Waals surface area contributed by atoms with Crippen LogP contribution in [-0.2, 0) is 16.8 Å². The van der Waals surface area contributed by atoms with Gasteiger partial charge in [0.05, 0.1) is 17.7 Å². The van der Waals surface area contributed by atoms with Crippen molar-refractivity contribution in [1.82, 2.24) is 0 Å². The van der Waals surface area contributed by atoms with Gasteiger partial charge in [0.2, 0.25) is 5.01 Å². The van der Waals surface area contributed by atoms with Crippen molar-refractivity contribution in [3.8, 4) is 11.5 Å². The third-order valence-corrected chi connectivity index (χ3v) is 8.74. The first kappa shape index (κ1) is 34.6. The molecule has 1 aromatic heterocycles. The number of anilines is 1. The molecule has 1 heterocycles. The summed E-state index contributed by atoms with van der Waals surface area (Å²) in [6, 6.07) is 13.9. The topological polar surface area (TPSA) is 51.4 Å². The van der Waals surface area contributed by atoms with E-state index in [9.17, 15) is 4.79 Å². The van der Waals surface area contributed by atoms with Crippen molar-refractivity contribution < 1.29 is 18.8 Å². The lowest BCUT2D eigenvalue weighted by Gasteiger charge is -2.23. The summed E-state index contributed by atoms with van der Waals surface area (Å²) in [4.78, 5) is 12.9. The fraction of sp³-hybridized carbons (Fsp3) is 0.568. The Morgan fingerprint density at radius 3 is 2.14 bits per heavy atom. The van der Waals surface area contributed by atoms with Gasteiger partial charge in [0, 0.05) is 18.6 Å². The van der Waals surface area contributed by atoms with Gasteiger partial charge in [0.1, 0.15) is 11.5 Å². The second kappa shape index (κ2) is 18.7. The maximum Gasteiger partial charge on any atom is 0.262 e. The van der Waals surface area contributed by atoms with Crippen LogP contribution in [0, 0.1) is 6.92 Å². The van der Waals surface area contributed by atoms with Gasteiger partial charge in [-0.1, -0.05) is 134 Å². The maximum absolute atomic E-state index is 12.9. The fourth-order valence-corrected chi connectivity index (χ4v) is 5.96. The van der Waals surface area contributed by atoms with Crippen molar-refractivity contribution in [2.45, 2.75) is 124 Å². The zero-order chi connectivity index (χ0) is 30.9. The average Bonchev–Trinajstić information content (AvgIpc) is 3.38. The molecule has 0 atom stereocenters. The number of carbonyl (C=O) groups is 1. The van der Waals surface area contributed by atoms with E-state index in [2.05, 4.69) is 62.1 Å². The summed E-state index contributed by atoms with van der Waals surface area (Å²) in [5.41, 5.74) is 2.97. The highest BCUT2D eigenvalue weighted by Gasteiger charge is 2.20. The third kappa shape index (κ3) is 12.7. The van der Waals surface area contributed by atoms with Crippen LogP contribution in [0.2, 0.25) is 0 Å². The molecule has 2 aromatic carbocycles. The average molecular weight is 608 g/mol. The van der Waals surface area contributed by atoms with Gasteiger partial charge in [-0.05, 0) is 29.5 Å². The van der Waals surface area contributed by atoms with Gasteiger partial charge in [-0.3, -0.25) is 4.79 Å². The molecule has 0 aliphatic heterocycles. The second-order valence-electron chi connectivity index (χ2n) is 12.7. The van der Waals surface area contributed by atoms with Crippen LogP contribution in [0.5, 0.6) is 11.5 Å². The number of amides is 1. The van der Waals surface area contributed by atoms with Crippen LogP contribution in [0.4, 0.5) is 5.69 Å². The number of thiazole rings is 1. The molecule has 0 unspecified atom stereocenters. The van der Waals surface area contributed by atoms with Gasteiger partial charge in [0.15, 0.2) is 19.3 Å². The molecule has 6 heteroatoms. The molecule has 0 saturated carbocycles. The number of para-hydroxylation sites is 1. The Balaban J connectivity index is 1.43. The van der Waals surface area contributed by atoms with E-state index in [0.29, 0.717) is 18.9 Å². The fourth-order valence-electron chi connectivity index (χ4n) is 5.29. The van der Waals surface area contributed by atoms with Crippen molar-refractivity contribution in [2.24, 2.45) is 0 Å². The van der Waals surface area contributed by atoms with Crippen molar-refractivity contribution in [1.29, 1.82) is 0 Å². The standard InChI is InChI=1S/C37H54N2O3S/c1-6-7-8-9-10-11-12-13-14-15-16-19-25-41-35-27-32(22-23-33(35)37(3,4)5)42-29-36(40)38-34-21-18-17-20-31(34)28-39-24-26-43-30(39)2/h17-18,20-24,26-27H,6-16,19,25,28-29H2,1-5H3/p+1.